The summed E-state index contributed by atoms with van der Waals surface area (Å²) >= 11 is 0. The van der Waals surface area contributed by atoms with Crippen molar-refractivity contribution in [2.75, 3.05) is 20.7 Å². The molecular weight excluding hydrogens is 558 g/mol. The number of aliphatic hydroxyl groups is 4. The normalized spacial score (nSPS) is 40.9. The van der Waals surface area contributed by atoms with E-state index in [1.165, 1.54) is 6.08 Å². The molecule has 0 spiro atoms. The van der Waals surface area contributed by atoms with Gasteiger partial charge >= 0.3 is 5.97 Å². The van der Waals surface area contributed by atoms with Crippen molar-refractivity contribution in [2.24, 2.45) is 23.7 Å². The standard InChI is InChI=1S/C32H53NO10/c1-8-26-22(11-13-34)15-18(2)9-10-24(36)19(3)16-23(12-14-35)31(20(4)25(37)17-27(38)42-26)43-32-30(40)28(33(6)7)29(39)21(5)41-32/h9-10,14-15,19-23,25-26,28-32,34,37,39-40H,8,11-13,16-17H2,1-7H3/b10-9+,18-15+/t19-,20+,21-,22+,23+,25-,26-,28?,29-,30?,31-,32+/m1/s1. The molecule has 4 N–H and O–H groups in total. The molecule has 1 saturated heterocycles. The number of nitrogens with zero attached hydrogens (tertiary/aromatic N) is 1. The smallest absolute Gasteiger partial charge is 0.308 e. The van der Waals surface area contributed by atoms with Gasteiger partial charge in [-0.15, -0.1) is 0 Å². The first-order chi connectivity index (χ1) is 20.2. The molecule has 0 aliphatic carbocycles. The van der Waals surface area contributed by atoms with Crippen LogP contribution in [0, 0.1) is 23.7 Å². The lowest BCUT2D eigenvalue weighted by atomic mass is 9.79. The number of esters is 1. The fourth-order valence-electron chi connectivity index (χ4n) is 6.18. The lowest BCUT2D eigenvalue weighted by molar-refractivity contribution is -0.304. The molecule has 12 atom stereocenters. The largest absolute Gasteiger partial charge is 0.462 e. The first kappa shape index (κ1) is 37.2. The van der Waals surface area contributed by atoms with Gasteiger partial charge in [0.05, 0.1) is 36.9 Å². The van der Waals surface area contributed by atoms with Crippen molar-refractivity contribution in [3.63, 3.8) is 0 Å². The summed E-state index contributed by atoms with van der Waals surface area (Å²) in [5.74, 6) is -2.88. The van der Waals surface area contributed by atoms with Crippen LogP contribution < -0.4 is 0 Å². The maximum atomic E-state index is 13.2. The quantitative estimate of drug-likeness (QED) is 0.234. The van der Waals surface area contributed by atoms with Crippen molar-refractivity contribution < 1.29 is 49.0 Å². The first-order valence-electron chi connectivity index (χ1n) is 15.4. The van der Waals surface area contributed by atoms with E-state index in [0.29, 0.717) is 12.8 Å². The number of ether oxygens (including phenoxy) is 3. The highest BCUT2D eigenvalue weighted by molar-refractivity contribution is 5.91. The monoisotopic (exact) mass is 611 g/mol. The van der Waals surface area contributed by atoms with Crippen LogP contribution in [-0.4, -0.2) is 113 Å². The van der Waals surface area contributed by atoms with Crippen LogP contribution in [0.25, 0.3) is 0 Å². The lowest BCUT2D eigenvalue weighted by Gasteiger charge is -2.46. The third-order valence-electron chi connectivity index (χ3n) is 8.82. The molecule has 2 rings (SSSR count). The number of cyclic esters (lactones) is 1. The maximum Gasteiger partial charge on any atom is 0.308 e. The zero-order valence-electron chi connectivity index (χ0n) is 26.7. The summed E-state index contributed by atoms with van der Waals surface area (Å²) in [6.07, 6.45) is -0.348. The average molecular weight is 612 g/mol. The number of aldehydes is 1. The minimum Gasteiger partial charge on any atom is -0.462 e. The molecule has 2 unspecified atom stereocenters. The van der Waals surface area contributed by atoms with Gasteiger partial charge in [0.25, 0.3) is 0 Å². The van der Waals surface area contributed by atoms with E-state index in [1.54, 1.807) is 45.8 Å². The predicted octanol–water partition coefficient (Wildman–Crippen LogP) is 1.79. The van der Waals surface area contributed by atoms with Crippen LogP contribution in [0.4, 0.5) is 0 Å². The number of carbonyl (C=O) groups is 3. The number of hydrogen-bond donors (Lipinski definition) is 4. The van der Waals surface area contributed by atoms with E-state index in [0.717, 1.165) is 11.9 Å². The van der Waals surface area contributed by atoms with Crippen molar-refractivity contribution in [1.82, 2.24) is 4.90 Å². The van der Waals surface area contributed by atoms with E-state index in [2.05, 4.69) is 0 Å². The maximum absolute atomic E-state index is 13.2. The molecule has 0 amide bonds. The second-order valence-corrected chi connectivity index (χ2v) is 12.4. The summed E-state index contributed by atoms with van der Waals surface area (Å²) in [5, 5.41) is 42.7. The van der Waals surface area contributed by atoms with E-state index in [1.807, 2.05) is 19.9 Å². The lowest BCUT2D eigenvalue weighted by Crippen LogP contribution is -2.63. The van der Waals surface area contributed by atoms with Crippen LogP contribution in [-0.2, 0) is 28.6 Å². The summed E-state index contributed by atoms with van der Waals surface area (Å²) in [5.41, 5.74) is 0.773. The van der Waals surface area contributed by atoms with Gasteiger partial charge in [-0.3, -0.25) is 9.59 Å². The van der Waals surface area contributed by atoms with Crippen LogP contribution in [0.1, 0.15) is 66.7 Å². The number of likely N-dealkylation sites (N-methyl/N-ethyl adjacent to an activating group) is 1. The molecule has 0 saturated carbocycles. The molecule has 2 aliphatic heterocycles. The Morgan fingerprint density at radius 3 is 2.35 bits per heavy atom. The SMILES string of the molecule is CC[C@H]1OC(=O)C[C@@H](O)[C@H](C)[C@@H](O[C@@H]2O[C@H](C)[C@@H](O)C(N(C)C)C2O)[C@@H](CC=O)C[C@@H](C)C(=O)/C=C/C(C)=C/[C@@H]1CCO. The average Bonchev–Trinajstić information content (AvgIpc) is 2.94. The van der Waals surface area contributed by atoms with Crippen molar-refractivity contribution >= 4 is 18.0 Å². The molecule has 246 valence electrons. The van der Waals surface area contributed by atoms with E-state index in [-0.39, 0.29) is 37.6 Å². The molecule has 0 aromatic carbocycles. The zero-order valence-corrected chi connectivity index (χ0v) is 26.7. The topological polar surface area (TPSA) is 163 Å². The molecule has 11 heteroatoms. The molecule has 0 radical (unpaired) electrons. The van der Waals surface area contributed by atoms with Crippen molar-refractivity contribution in [2.45, 2.75) is 116 Å². The van der Waals surface area contributed by atoms with Crippen LogP contribution in [0.3, 0.4) is 0 Å². The molecule has 0 bridgehead atoms. The minimum atomic E-state index is -1.27. The van der Waals surface area contributed by atoms with Crippen molar-refractivity contribution in [3.05, 3.63) is 23.8 Å². The van der Waals surface area contributed by atoms with Gasteiger partial charge < -0.3 is 44.3 Å². The Labute approximate surface area is 255 Å². The van der Waals surface area contributed by atoms with Gasteiger partial charge in [0.2, 0.25) is 0 Å². The highest BCUT2D eigenvalue weighted by Gasteiger charge is 2.47. The Morgan fingerprint density at radius 1 is 1.09 bits per heavy atom. The highest BCUT2D eigenvalue weighted by Crippen LogP contribution is 2.34. The van der Waals surface area contributed by atoms with Gasteiger partial charge in [0, 0.05) is 30.8 Å². The fraction of sp³-hybridized carbons (Fsp3) is 0.781. The Balaban J connectivity index is 2.52. The minimum absolute atomic E-state index is 0.00525. The number of hydrogen-bond acceptors (Lipinski definition) is 11. The second kappa shape index (κ2) is 17.5. The van der Waals surface area contributed by atoms with Gasteiger partial charge in [0.15, 0.2) is 12.1 Å². The Hall–Kier alpha value is -1.99. The van der Waals surface area contributed by atoms with Crippen molar-refractivity contribution in [3.8, 4) is 0 Å². The van der Waals surface area contributed by atoms with Gasteiger partial charge in [-0.25, -0.2) is 0 Å². The van der Waals surface area contributed by atoms with Crippen LogP contribution in [0.15, 0.2) is 23.8 Å². The van der Waals surface area contributed by atoms with Gasteiger partial charge in [-0.1, -0.05) is 38.5 Å². The molecular formula is C32H53NO10. The van der Waals surface area contributed by atoms with Gasteiger partial charge in [-0.2, -0.15) is 0 Å². The molecule has 2 heterocycles. The number of ketones is 1. The Kier molecular flexibility index (Phi) is 15.1. The first-order valence-corrected chi connectivity index (χ1v) is 15.4. The van der Waals surface area contributed by atoms with Crippen LogP contribution in [0.5, 0.6) is 0 Å². The Morgan fingerprint density at radius 2 is 1.77 bits per heavy atom. The zero-order chi connectivity index (χ0) is 32.4. The fourth-order valence-corrected chi connectivity index (χ4v) is 6.18. The third-order valence-corrected chi connectivity index (χ3v) is 8.82. The highest BCUT2D eigenvalue weighted by atomic mass is 16.7. The van der Waals surface area contributed by atoms with Crippen molar-refractivity contribution in [1.29, 1.82) is 0 Å². The molecule has 0 aromatic heterocycles. The molecule has 2 aliphatic rings. The summed E-state index contributed by atoms with van der Waals surface area (Å²) < 4.78 is 18.0. The summed E-state index contributed by atoms with van der Waals surface area (Å²) in [6.45, 7) is 8.69. The number of aliphatic hydroxyl groups excluding tert-OH is 4. The molecule has 11 nitrogen and oxygen atoms in total. The van der Waals surface area contributed by atoms with E-state index in [4.69, 9.17) is 14.2 Å². The third kappa shape index (κ3) is 10.3. The number of rotatable bonds is 8. The van der Waals surface area contributed by atoms with Gasteiger partial charge in [0.1, 0.15) is 18.5 Å². The number of carbonyl (C=O) groups excluding carboxylic acids is 3. The van der Waals surface area contributed by atoms with E-state index < -0.39 is 72.7 Å². The summed E-state index contributed by atoms with van der Waals surface area (Å²) in [7, 11) is 3.44. The van der Waals surface area contributed by atoms with E-state index >= 15 is 0 Å². The summed E-state index contributed by atoms with van der Waals surface area (Å²) in [6, 6.07) is -0.709. The molecule has 43 heavy (non-hydrogen) atoms. The Bertz CT molecular complexity index is 968. The second-order valence-electron chi connectivity index (χ2n) is 12.4. The van der Waals surface area contributed by atoms with Gasteiger partial charge in [-0.05, 0) is 59.2 Å². The van der Waals surface area contributed by atoms with E-state index in [9.17, 15) is 34.8 Å². The summed E-state index contributed by atoms with van der Waals surface area (Å²) in [4.78, 5) is 39.8. The predicted molar refractivity (Wildman–Crippen MR) is 160 cm³/mol. The molecule has 0 aromatic rings. The van der Waals surface area contributed by atoms with Crippen LogP contribution in [0.2, 0.25) is 0 Å². The van der Waals surface area contributed by atoms with Crippen LogP contribution >= 0.6 is 0 Å². The molecule has 1 fully saturated rings. The number of allylic oxidation sites excluding steroid dienone is 3.